The summed E-state index contributed by atoms with van der Waals surface area (Å²) in [5.41, 5.74) is 0.648. The lowest BCUT2D eigenvalue weighted by Crippen LogP contribution is -2.32. The maximum atomic E-state index is 11.9. The summed E-state index contributed by atoms with van der Waals surface area (Å²) in [5.74, 6) is 0.860. The lowest BCUT2D eigenvalue weighted by Gasteiger charge is -2.12. The quantitative estimate of drug-likeness (QED) is 0.484. The van der Waals surface area contributed by atoms with Gasteiger partial charge in [-0.3, -0.25) is 0 Å². The van der Waals surface area contributed by atoms with Gasteiger partial charge in [-0.05, 0) is 45.0 Å². The molecule has 27 heavy (non-hydrogen) atoms. The van der Waals surface area contributed by atoms with Gasteiger partial charge in [0.25, 0.3) is 0 Å². The summed E-state index contributed by atoms with van der Waals surface area (Å²) in [5, 5.41) is 12.1. The molecule has 0 atom stereocenters. The number of nitrogens with zero attached hydrogens (tertiary/aromatic N) is 3. The zero-order valence-corrected chi connectivity index (χ0v) is 16.3. The van der Waals surface area contributed by atoms with E-state index < -0.39 is 0 Å². The molecule has 0 fully saturated rings. The van der Waals surface area contributed by atoms with Crippen LogP contribution in [0.2, 0.25) is 5.02 Å². The van der Waals surface area contributed by atoms with Gasteiger partial charge in [-0.15, -0.1) is 0 Å². The molecule has 0 radical (unpaired) electrons. The molecule has 1 heterocycles. The summed E-state index contributed by atoms with van der Waals surface area (Å²) in [6.07, 6.45) is 0. The molecule has 0 saturated carbocycles. The number of ether oxygens (including phenoxy) is 1. The fraction of sp³-hybridized carbons (Fsp3) is 0.412. The maximum absolute atomic E-state index is 11.9. The second-order valence-corrected chi connectivity index (χ2v) is 6.27. The van der Waals surface area contributed by atoms with Crippen molar-refractivity contribution < 1.29 is 9.53 Å². The predicted molar refractivity (Wildman–Crippen MR) is 107 cm³/mol. The Labute approximate surface area is 163 Å². The van der Waals surface area contributed by atoms with Crippen LogP contribution in [0.5, 0.6) is 6.01 Å². The molecule has 9 nitrogen and oxygen atoms in total. The highest BCUT2D eigenvalue weighted by molar-refractivity contribution is 6.30. The molecule has 0 aliphatic rings. The minimum Gasteiger partial charge on any atom is -0.461 e. The maximum Gasteiger partial charge on any atom is 0.323 e. The summed E-state index contributed by atoms with van der Waals surface area (Å²) < 4.78 is 5.53. The second kappa shape index (κ2) is 10.4. The third-order valence-corrected chi connectivity index (χ3v) is 3.34. The number of aromatic nitrogens is 3. The Morgan fingerprint density at radius 1 is 1.15 bits per heavy atom. The SMILES string of the molecule is CCNc1nc(NC(C)C)nc(OCCNC(=O)Nc2ccc(Cl)cc2)n1. The van der Waals surface area contributed by atoms with Gasteiger partial charge in [0, 0.05) is 23.3 Å². The molecule has 10 heteroatoms. The number of halogens is 1. The zero-order chi connectivity index (χ0) is 19.6. The highest BCUT2D eigenvalue weighted by Gasteiger charge is 2.08. The van der Waals surface area contributed by atoms with E-state index in [1.807, 2.05) is 20.8 Å². The van der Waals surface area contributed by atoms with Crippen molar-refractivity contribution in [3.8, 4) is 6.01 Å². The first-order chi connectivity index (χ1) is 13.0. The first-order valence-electron chi connectivity index (χ1n) is 8.66. The van der Waals surface area contributed by atoms with Crippen LogP contribution in [0.1, 0.15) is 20.8 Å². The van der Waals surface area contributed by atoms with Crippen LogP contribution in [0, 0.1) is 0 Å². The van der Waals surface area contributed by atoms with Crippen molar-refractivity contribution in [2.24, 2.45) is 0 Å². The van der Waals surface area contributed by atoms with Gasteiger partial charge >= 0.3 is 12.0 Å². The van der Waals surface area contributed by atoms with Gasteiger partial charge in [0.1, 0.15) is 6.61 Å². The number of amides is 2. The molecule has 0 spiro atoms. The minimum absolute atomic E-state index is 0.174. The van der Waals surface area contributed by atoms with Crippen molar-refractivity contribution in [1.82, 2.24) is 20.3 Å². The number of urea groups is 1. The predicted octanol–water partition coefficient (Wildman–Crippen LogP) is 2.98. The van der Waals surface area contributed by atoms with Crippen LogP contribution < -0.4 is 26.0 Å². The fourth-order valence-corrected chi connectivity index (χ4v) is 2.12. The van der Waals surface area contributed by atoms with Crippen molar-refractivity contribution in [2.75, 3.05) is 35.6 Å². The smallest absolute Gasteiger partial charge is 0.323 e. The molecule has 2 aromatic rings. The average molecular weight is 394 g/mol. The number of rotatable bonds is 9. The van der Waals surface area contributed by atoms with Crippen molar-refractivity contribution >= 4 is 35.2 Å². The minimum atomic E-state index is -0.341. The molecule has 146 valence electrons. The summed E-state index contributed by atoms with van der Waals surface area (Å²) >= 11 is 5.81. The van der Waals surface area contributed by atoms with E-state index in [4.69, 9.17) is 16.3 Å². The largest absolute Gasteiger partial charge is 0.461 e. The number of nitrogens with one attached hydrogen (secondary N) is 4. The van der Waals surface area contributed by atoms with Gasteiger partial charge in [-0.2, -0.15) is 15.0 Å². The highest BCUT2D eigenvalue weighted by atomic mass is 35.5. The normalized spacial score (nSPS) is 10.4. The summed E-state index contributed by atoms with van der Waals surface area (Å²) in [6, 6.07) is 6.85. The van der Waals surface area contributed by atoms with Crippen molar-refractivity contribution in [1.29, 1.82) is 0 Å². The van der Waals surface area contributed by atoms with E-state index in [2.05, 4.69) is 36.2 Å². The average Bonchev–Trinajstić information content (AvgIpc) is 2.60. The lowest BCUT2D eigenvalue weighted by atomic mass is 10.3. The van der Waals surface area contributed by atoms with E-state index in [1.165, 1.54) is 0 Å². The molecule has 4 N–H and O–H groups in total. The topological polar surface area (TPSA) is 113 Å². The van der Waals surface area contributed by atoms with E-state index in [0.717, 1.165) is 0 Å². The van der Waals surface area contributed by atoms with Crippen LogP contribution in [0.4, 0.5) is 22.4 Å². The van der Waals surface area contributed by atoms with Crippen molar-refractivity contribution in [2.45, 2.75) is 26.8 Å². The standard InChI is InChI=1S/C17H24ClN7O2/c1-4-19-14-23-15(21-11(2)3)25-17(24-14)27-10-9-20-16(26)22-13-7-5-12(18)6-8-13/h5-8,11H,4,9-10H2,1-3H3,(H2,20,22,26)(H2,19,21,23,24,25). The third-order valence-electron chi connectivity index (χ3n) is 3.09. The van der Waals surface area contributed by atoms with Crippen LogP contribution in [0.3, 0.4) is 0 Å². The van der Waals surface area contributed by atoms with E-state index in [0.29, 0.717) is 29.2 Å². The molecule has 1 aromatic carbocycles. The van der Waals surface area contributed by atoms with Crippen LogP contribution >= 0.6 is 11.6 Å². The summed E-state index contributed by atoms with van der Waals surface area (Å²) in [4.78, 5) is 24.5. The van der Waals surface area contributed by atoms with Crippen molar-refractivity contribution in [3.05, 3.63) is 29.3 Å². The third kappa shape index (κ3) is 7.53. The Bertz CT molecular complexity index is 741. The van der Waals surface area contributed by atoms with Gasteiger partial charge in [-0.1, -0.05) is 11.6 Å². The lowest BCUT2D eigenvalue weighted by molar-refractivity contribution is 0.245. The van der Waals surface area contributed by atoms with Gasteiger partial charge in [-0.25, -0.2) is 4.79 Å². The van der Waals surface area contributed by atoms with Crippen LogP contribution in [-0.2, 0) is 0 Å². The molecule has 0 unspecified atom stereocenters. The molecule has 0 bridgehead atoms. The molecule has 0 saturated heterocycles. The molecule has 0 aliphatic carbocycles. The van der Waals surface area contributed by atoms with Gasteiger partial charge < -0.3 is 26.0 Å². The number of anilines is 3. The van der Waals surface area contributed by atoms with Gasteiger partial charge in [0.2, 0.25) is 11.9 Å². The second-order valence-electron chi connectivity index (χ2n) is 5.83. The van der Waals surface area contributed by atoms with Crippen molar-refractivity contribution in [3.63, 3.8) is 0 Å². The molecule has 0 aliphatic heterocycles. The number of hydrogen-bond acceptors (Lipinski definition) is 7. The van der Waals surface area contributed by atoms with E-state index in [9.17, 15) is 4.79 Å². The fourth-order valence-electron chi connectivity index (χ4n) is 2.00. The Balaban J connectivity index is 1.82. The Kier molecular flexibility index (Phi) is 7.87. The monoisotopic (exact) mass is 393 g/mol. The zero-order valence-electron chi connectivity index (χ0n) is 15.5. The first-order valence-corrected chi connectivity index (χ1v) is 9.03. The van der Waals surface area contributed by atoms with E-state index in [-0.39, 0.29) is 31.2 Å². The van der Waals surface area contributed by atoms with E-state index >= 15 is 0 Å². The van der Waals surface area contributed by atoms with Crippen LogP contribution in [-0.4, -0.2) is 46.7 Å². The summed E-state index contributed by atoms with van der Waals surface area (Å²) in [6.45, 7) is 7.10. The Morgan fingerprint density at radius 2 is 1.85 bits per heavy atom. The van der Waals surface area contributed by atoms with Crippen LogP contribution in [0.25, 0.3) is 0 Å². The molecular formula is C17H24ClN7O2. The number of carbonyl (C=O) groups excluding carboxylic acids is 1. The highest BCUT2D eigenvalue weighted by Crippen LogP contribution is 2.13. The number of benzene rings is 1. The van der Waals surface area contributed by atoms with Crippen LogP contribution in [0.15, 0.2) is 24.3 Å². The summed E-state index contributed by atoms with van der Waals surface area (Å²) in [7, 11) is 0. The van der Waals surface area contributed by atoms with E-state index in [1.54, 1.807) is 24.3 Å². The first kappa shape index (κ1) is 20.5. The number of hydrogen-bond donors (Lipinski definition) is 4. The molecular weight excluding hydrogens is 370 g/mol. The van der Waals surface area contributed by atoms with Gasteiger partial charge in [0.05, 0.1) is 6.54 Å². The van der Waals surface area contributed by atoms with Gasteiger partial charge in [0.15, 0.2) is 0 Å². The molecule has 2 rings (SSSR count). The Hall–Kier alpha value is -2.81. The molecule has 2 amide bonds. The Morgan fingerprint density at radius 3 is 2.52 bits per heavy atom. The number of carbonyl (C=O) groups is 1. The molecule has 1 aromatic heterocycles.